The number of benzene rings is 1. The summed E-state index contributed by atoms with van der Waals surface area (Å²) < 4.78 is 40.0. The van der Waals surface area contributed by atoms with Crippen molar-refractivity contribution in [1.82, 2.24) is 19.0 Å². The molecule has 32 heavy (non-hydrogen) atoms. The zero-order valence-corrected chi connectivity index (χ0v) is 18.1. The molecule has 0 unspecified atom stereocenters. The lowest BCUT2D eigenvalue weighted by Gasteiger charge is -2.33. The average molecular weight is 466 g/mol. The first-order valence-corrected chi connectivity index (χ1v) is 10.8. The summed E-state index contributed by atoms with van der Waals surface area (Å²) in [4.78, 5) is 21.8. The molecule has 1 saturated heterocycles. The van der Waals surface area contributed by atoms with E-state index in [1.165, 1.54) is 35.0 Å². The highest BCUT2D eigenvalue weighted by Crippen LogP contribution is 2.37. The summed E-state index contributed by atoms with van der Waals surface area (Å²) in [7, 11) is 2.08. The SMILES string of the molecule is CN1CCN(c2cc(Cn3cc(O)n(-c4ccc(SC(F)(F)F)cc4)c3=O)ccn2)CC1. The molecule has 0 bridgehead atoms. The van der Waals surface area contributed by atoms with E-state index in [0.29, 0.717) is 0 Å². The van der Waals surface area contributed by atoms with Gasteiger partial charge in [0, 0.05) is 37.3 Å². The van der Waals surface area contributed by atoms with Gasteiger partial charge in [-0.25, -0.2) is 14.3 Å². The number of pyridine rings is 1. The number of nitrogens with zero attached hydrogens (tertiary/aromatic N) is 5. The van der Waals surface area contributed by atoms with E-state index >= 15 is 0 Å². The van der Waals surface area contributed by atoms with Crippen molar-refractivity contribution in [2.45, 2.75) is 16.9 Å². The Hall–Kier alpha value is -2.92. The van der Waals surface area contributed by atoms with Crippen LogP contribution in [-0.2, 0) is 6.54 Å². The van der Waals surface area contributed by atoms with Gasteiger partial charge in [-0.2, -0.15) is 13.2 Å². The topological polar surface area (TPSA) is 66.5 Å². The van der Waals surface area contributed by atoms with Crippen molar-refractivity contribution in [2.75, 3.05) is 38.1 Å². The van der Waals surface area contributed by atoms with E-state index in [2.05, 4.69) is 21.8 Å². The standard InChI is InChI=1S/C21H22F3N5O2S/c1-26-8-10-27(11-9-26)18-12-15(6-7-25-18)13-28-14-19(30)29(20(28)31)16-2-4-17(5-3-16)32-21(22,23)24/h2-7,12,14,30H,8-11,13H2,1H3. The van der Waals surface area contributed by atoms with Gasteiger partial charge in [0.25, 0.3) is 0 Å². The Morgan fingerprint density at radius 1 is 1.09 bits per heavy atom. The van der Waals surface area contributed by atoms with E-state index in [4.69, 9.17) is 0 Å². The summed E-state index contributed by atoms with van der Waals surface area (Å²) in [6.07, 6.45) is 3.01. The van der Waals surface area contributed by atoms with Crippen LogP contribution in [0.2, 0.25) is 0 Å². The second-order valence-electron chi connectivity index (χ2n) is 7.59. The van der Waals surface area contributed by atoms with E-state index in [0.717, 1.165) is 42.1 Å². The van der Waals surface area contributed by atoms with Gasteiger partial charge >= 0.3 is 11.2 Å². The summed E-state index contributed by atoms with van der Waals surface area (Å²) >= 11 is -0.235. The first kappa shape index (κ1) is 22.3. The zero-order valence-electron chi connectivity index (χ0n) is 17.3. The normalized spacial score (nSPS) is 15.3. The van der Waals surface area contributed by atoms with Crippen molar-refractivity contribution in [3.8, 4) is 11.6 Å². The van der Waals surface area contributed by atoms with Gasteiger partial charge in [0.2, 0.25) is 5.88 Å². The Bertz CT molecular complexity index is 1140. The molecule has 3 aromatic rings. The number of imidazole rings is 1. The molecule has 0 aliphatic carbocycles. The number of alkyl halides is 3. The molecule has 7 nitrogen and oxygen atoms in total. The van der Waals surface area contributed by atoms with Crippen LogP contribution < -0.4 is 10.6 Å². The van der Waals surface area contributed by atoms with Crippen LogP contribution in [0.25, 0.3) is 5.69 Å². The highest BCUT2D eigenvalue weighted by molar-refractivity contribution is 8.00. The molecule has 0 radical (unpaired) electrons. The zero-order chi connectivity index (χ0) is 22.9. The van der Waals surface area contributed by atoms with E-state index < -0.39 is 11.2 Å². The third-order valence-corrected chi connectivity index (χ3v) is 6.00. The smallest absolute Gasteiger partial charge is 0.446 e. The molecule has 1 fully saturated rings. The molecule has 3 heterocycles. The molecule has 4 rings (SSSR count). The molecule has 1 aliphatic heterocycles. The van der Waals surface area contributed by atoms with Crippen LogP contribution in [-0.4, -0.2) is 62.9 Å². The third-order valence-electron chi connectivity index (χ3n) is 5.26. The quantitative estimate of drug-likeness (QED) is 0.584. The van der Waals surface area contributed by atoms with Gasteiger partial charge < -0.3 is 14.9 Å². The average Bonchev–Trinajstić information content (AvgIpc) is 3.01. The number of likely N-dealkylation sites (N-methyl/N-ethyl adjacent to an activating group) is 1. The van der Waals surface area contributed by atoms with E-state index in [9.17, 15) is 23.1 Å². The van der Waals surface area contributed by atoms with E-state index in [1.54, 1.807) is 6.20 Å². The lowest BCUT2D eigenvalue weighted by atomic mass is 10.2. The maximum atomic E-state index is 12.9. The van der Waals surface area contributed by atoms with Gasteiger partial charge in [-0.15, -0.1) is 0 Å². The molecule has 0 amide bonds. The molecule has 2 aromatic heterocycles. The first-order chi connectivity index (χ1) is 15.2. The maximum Gasteiger partial charge on any atom is 0.446 e. The highest BCUT2D eigenvalue weighted by atomic mass is 32.2. The highest BCUT2D eigenvalue weighted by Gasteiger charge is 2.29. The summed E-state index contributed by atoms with van der Waals surface area (Å²) in [6.45, 7) is 3.86. The Morgan fingerprint density at radius 2 is 1.78 bits per heavy atom. The molecule has 0 atom stereocenters. The van der Waals surface area contributed by atoms with E-state index in [-0.39, 0.29) is 34.8 Å². The number of halogens is 3. The van der Waals surface area contributed by atoms with Crippen LogP contribution >= 0.6 is 11.8 Å². The molecule has 1 aliphatic rings. The summed E-state index contributed by atoms with van der Waals surface area (Å²) in [5, 5.41) is 10.3. The summed E-state index contributed by atoms with van der Waals surface area (Å²) in [5.74, 6) is 0.546. The third kappa shape index (κ3) is 5.10. The lowest BCUT2D eigenvalue weighted by molar-refractivity contribution is -0.0328. The van der Waals surface area contributed by atoms with Gasteiger partial charge in [0.05, 0.1) is 18.4 Å². The van der Waals surface area contributed by atoms with E-state index in [1.807, 2.05) is 12.1 Å². The number of hydrogen-bond donors (Lipinski definition) is 1. The molecular formula is C21H22F3N5O2S. The van der Waals surface area contributed by atoms with Gasteiger partial charge in [-0.05, 0) is 60.8 Å². The van der Waals surface area contributed by atoms with Crippen LogP contribution in [0.15, 0.2) is 58.5 Å². The van der Waals surface area contributed by atoms with Gasteiger partial charge in [-0.3, -0.25) is 4.57 Å². The molecular weight excluding hydrogens is 443 g/mol. The minimum absolute atomic E-state index is 0.00134. The van der Waals surface area contributed by atoms with Gasteiger partial charge in [0.1, 0.15) is 5.82 Å². The molecule has 0 saturated carbocycles. The fraction of sp³-hybridized carbons (Fsp3) is 0.333. The second-order valence-corrected chi connectivity index (χ2v) is 8.73. The Kier molecular flexibility index (Phi) is 6.20. The van der Waals surface area contributed by atoms with Crippen molar-refractivity contribution in [2.24, 2.45) is 0 Å². The predicted molar refractivity (Wildman–Crippen MR) is 117 cm³/mol. The number of rotatable bonds is 5. The van der Waals surface area contributed by atoms with Gasteiger partial charge in [0.15, 0.2) is 0 Å². The summed E-state index contributed by atoms with van der Waals surface area (Å²) in [6, 6.07) is 9.01. The number of piperazine rings is 1. The number of aromatic nitrogens is 3. The Morgan fingerprint density at radius 3 is 2.44 bits per heavy atom. The van der Waals surface area contributed by atoms with Crippen LogP contribution in [0.5, 0.6) is 5.88 Å². The fourth-order valence-electron chi connectivity index (χ4n) is 3.60. The van der Waals surface area contributed by atoms with Crippen molar-refractivity contribution >= 4 is 17.6 Å². The molecule has 170 valence electrons. The number of aromatic hydroxyl groups is 1. The fourth-order valence-corrected chi connectivity index (χ4v) is 4.14. The molecule has 1 N–H and O–H groups in total. The predicted octanol–water partition coefficient (Wildman–Crippen LogP) is 3.15. The summed E-state index contributed by atoms with van der Waals surface area (Å²) in [5.41, 5.74) is -3.75. The van der Waals surface area contributed by atoms with Crippen molar-refractivity contribution in [3.63, 3.8) is 0 Å². The minimum atomic E-state index is -4.39. The monoisotopic (exact) mass is 465 g/mol. The van der Waals surface area contributed by atoms with Crippen molar-refractivity contribution in [1.29, 1.82) is 0 Å². The van der Waals surface area contributed by atoms with Gasteiger partial charge in [-0.1, -0.05) is 0 Å². The first-order valence-electron chi connectivity index (χ1n) is 9.95. The molecule has 0 spiro atoms. The van der Waals surface area contributed by atoms with Crippen LogP contribution in [0.1, 0.15) is 5.56 Å². The van der Waals surface area contributed by atoms with Crippen LogP contribution in [0, 0.1) is 0 Å². The van der Waals surface area contributed by atoms with Crippen molar-refractivity contribution in [3.05, 3.63) is 64.8 Å². The maximum absolute atomic E-state index is 12.9. The second kappa shape index (κ2) is 8.91. The number of hydrogen-bond acceptors (Lipinski definition) is 6. The van der Waals surface area contributed by atoms with Crippen LogP contribution in [0.3, 0.4) is 0 Å². The Labute approximate surface area is 186 Å². The lowest BCUT2D eigenvalue weighted by Crippen LogP contribution is -2.44. The minimum Gasteiger partial charge on any atom is -0.493 e. The van der Waals surface area contributed by atoms with Crippen molar-refractivity contribution < 1.29 is 18.3 Å². The Balaban J connectivity index is 1.54. The number of thioether (sulfide) groups is 1. The number of anilines is 1. The molecule has 1 aromatic carbocycles. The van der Waals surface area contributed by atoms with Crippen LogP contribution in [0.4, 0.5) is 19.0 Å². The largest absolute Gasteiger partial charge is 0.493 e. The molecule has 11 heteroatoms.